The third-order valence-corrected chi connectivity index (χ3v) is 9.05. The molecule has 1 N–H and O–H groups in total. The number of benzene rings is 2. The number of fused-ring (bicyclic) bond motifs is 2. The Morgan fingerprint density at radius 1 is 0.750 bits per heavy atom. The molecule has 0 atom stereocenters. The van der Waals surface area contributed by atoms with Gasteiger partial charge in [0.05, 0.1) is 21.2 Å². The van der Waals surface area contributed by atoms with Crippen molar-refractivity contribution >= 4 is 52.4 Å². The first-order chi connectivity index (χ1) is 22.6. The minimum atomic E-state index is -0.697. The molecule has 258 valence electrons. The van der Waals surface area contributed by atoms with E-state index in [4.69, 9.17) is 55.9 Å². The third-order valence-electron chi connectivity index (χ3n) is 7.69. The lowest BCUT2D eigenvalue weighted by atomic mass is 10.1. The predicted octanol–water partition coefficient (Wildman–Crippen LogP) is 7.54. The summed E-state index contributed by atoms with van der Waals surface area (Å²) in [4.78, 5) is 37.0. The summed E-state index contributed by atoms with van der Waals surface area (Å²) in [7, 11) is 0. The van der Waals surface area contributed by atoms with Crippen LogP contribution < -0.4 is 15.9 Å². The molecule has 0 saturated carbocycles. The Morgan fingerprint density at radius 2 is 1.19 bits per heavy atom. The molecule has 0 bridgehead atoms. The number of carbonyl (C=O) groups excluding carboxylic acids is 1. The van der Waals surface area contributed by atoms with Gasteiger partial charge in [-0.2, -0.15) is 0 Å². The van der Waals surface area contributed by atoms with Crippen LogP contribution in [-0.4, -0.2) is 42.0 Å². The van der Waals surface area contributed by atoms with Gasteiger partial charge < -0.3 is 14.6 Å². The third kappa shape index (κ3) is 7.27. The Bertz CT molecular complexity index is 2010. The second-order valence-electron chi connectivity index (χ2n) is 12.3. The summed E-state index contributed by atoms with van der Waals surface area (Å²) in [5.41, 5.74) is -1.31. The molecule has 2 aromatic carbocycles. The lowest BCUT2D eigenvalue weighted by Crippen LogP contribution is -2.27. The Balaban J connectivity index is 0.000000198. The van der Waals surface area contributed by atoms with E-state index in [-0.39, 0.29) is 65.2 Å². The van der Waals surface area contributed by atoms with Crippen LogP contribution in [0.1, 0.15) is 46.5 Å². The summed E-state index contributed by atoms with van der Waals surface area (Å²) in [6, 6.07) is 4.44. The smallest absolute Gasteiger partial charge is 0.344 e. The maximum Gasteiger partial charge on any atom is 0.344 e. The maximum atomic E-state index is 14.6. The number of phenolic OH excluding ortho intramolecular Hbond substituents is 1. The normalized spacial score (nSPS) is 14.1. The summed E-state index contributed by atoms with van der Waals surface area (Å²) in [5, 5.41) is 9.85. The fourth-order valence-electron chi connectivity index (χ4n) is 5.57. The highest BCUT2D eigenvalue weighted by atomic mass is 35.5. The van der Waals surface area contributed by atoms with Gasteiger partial charge in [0.2, 0.25) is 0 Å². The Kier molecular flexibility index (Phi) is 10.6. The molecule has 4 heterocycles. The first kappa shape index (κ1) is 35.8. The van der Waals surface area contributed by atoms with E-state index in [2.05, 4.69) is 0 Å². The van der Waals surface area contributed by atoms with Crippen LogP contribution in [0.2, 0.25) is 20.4 Å². The van der Waals surface area contributed by atoms with Crippen molar-refractivity contribution < 1.29 is 28.2 Å². The molecule has 0 aliphatic carbocycles. The number of halogens is 6. The number of nitrogens with zero attached hydrogens (tertiary/aromatic N) is 4. The number of hydrogen-bond donors (Lipinski definition) is 1. The Morgan fingerprint density at radius 3 is 1.65 bits per heavy atom. The second-order valence-corrected chi connectivity index (χ2v) is 13.8. The van der Waals surface area contributed by atoms with Crippen LogP contribution in [0.15, 0.2) is 33.9 Å². The van der Waals surface area contributed by atoms with Crippen molar-refractivity contribution in [2.45, 2.75) is 78.2 Å². The summed E-state index contributed by atoms with van der Waals surface area (Å²) < 4.78 is 45.5. The van der Waals surface area contributed by atoms with Crippen molar-refractivity contribution in [2.75, 3.05) is 6.61 Å². The van der Waals surface area contributed by atoms with Crippen molar-refractivity contribution in [3.8, 4) is 33.8 Å². The van der Waals surface area contributed by atoms with E-state index < -0.39 is 29.8 Å². The molecule has 2 aliphatic rings. The van der Waals surface area contributed by atoms with E-state index in [1.54, 1.807) is 30.1 Å². The molecule has 6 rings (SSSR count). The van der Waals surface area contributed by atoms with E-state index in [0.29, 0.717) is 26.2 Å². The van der Waals surface area contributed by atoms with Gasteiger partial charge in [-0.05, 0) is 70.7 Å². The molecule has 0 fully saturated rings. The summed E-state index contributed by atoms with van der Waals surface area (Å²) >= 11 is 24.3. The van der Waals surface area contributed by atoms with Crippen LogP contribution in [0.25, 0.3) is 22.3 Å². The van der Waals surface area contributed by atoms with Gasteiger partial charge in [-0.15, -0.1) is 0 Å². The molecule has 0 spiro atoms. The van der Waals surface area contributed by atoms with Crippen molar-refractivity contribution in [3.63, 3.8) is 0 Å². The van der Waals surface area contributed by atoms with E-state index in [1.807, 2.05) is 0 Å². The standard InChI is InChI=1S/C19H21Cl2FN2O4.C13H11Cl2FN2O2/c1-19(2,3)28-15(25)10-27-14-8-11(13(22)9-12(14)20)16-17(21)23-6-4-5-7-24(23)18(16)26;14-8-6-9(16)7(5-10(8)19)11-12(15)17-3-1-2-4-18(17)13(11)20/h8-9H,4-7,10H2,1-3H3;5-6,19H,1-4H2. The largest absolute Gasteiger partial charge is 0.506 e. The van der Waals surface area contributed by atoms with Crippen LogP contribution in [0, 0.1) is 11.6 Å². The van der Waals surface area contributed by atoms with Gasteiger partial charge in [0, 0.05) is 37.3 Å². The SMILES string of the molecule is CC(C)(C)OC(=O)COc1cc(-c2c(Cl)n3n(c2=O)CCCC3)c(F)cc1Cl.O=c1c(-c2cc(O)c(Cl)cc2F)c(Cl)n2n1CCCC2. The fraction of sp³-hybridized carbons (Fsp3) is 0.406. The predicted molar refractivity (Wildman–Crippen MR) is 180 cm³/mol. The average molecular weight is 748 g/mol. The van der Waals surface area contributed by atoms with Crippen LogP contribution in [0.3, 0.4) is 0 Å². The van der Waals surface area contributed by atoms with Crippen molar-refractivity contribution in [1.82, 2.24) is 18.7 Å². The first-order valence-corrected chi connectivity index (χ1v) is 16.6. The molecule has 10 nitrogen and oxygen atoms in total. The van der Waals surface area contributed by atoms with Crippen molar-refractivity contribution in [3.05, 3.63) is 77.0 Å². The molecule has 0 radical (unpaired) electrons. The molecule has 4 aromatic rings. The number of rotatable bonds is 5. The zero-order valence-corrected chi connectivity index (χ0v) is 29.2. The lowest BCUT2D eigenvalue weighted by molar-refractivity contribution is -0.157. The van der Waals surface area contributed by atoms with Crippen LogP contribution in [0.5, 0.6) is 11.5 Å². The fourth-order valence-corrected chi connectivity index (χ4v) is 6.65. The highest BCUT2D eigenvalue weighted by molar-refractivity contribution is 6.34. The lowest BCUT2D eigenvalue weighted by Gasteiger charge is -2.19. The number of hydrogen-bond acceptors (Lipinski definition) is 6. The van der Waals surface area contributed by atoms with Crippen LogP contribution >= 0.6 is 46.4 Å². The van der Waals surface area contributed by atoms with E-state index >= 15 is 0 Å². The van der Waals surface area contributed by atoms with E-state index in [0.717, 1.165) is 43.9 Å². The molecule has 2 aliphatic heterocycles. The minimum absolute atomic E-state index is 0.0204. The first-order valence-electron chi connectivity index (χ1n) is 15.1. The minimum Gasteiger partial charge on any atom is -0.506 e. The Labute approximate surface area is 293 Å². The maximum absolute atomic E-state index is 14.6. The molecule has 0 amide bonds. The van der Waals surface area contributed by atoms with Crippen LogP contribution in [-0.2, 0) is 35.7 Å². The van der Waals surface area contributed by atoms with Gasteiger partial charge in [0.1, 0.15) is 39.0 Å². The highest BCUT2D eigenvalue weighted by Gasteiger charge is 2.27. The van der Waals surface area contributed by atoms with Gasteiger partial charge >= 0.3 is 5.97 Å². The van der Waals surface area contributed by atoms with Gasteiger partial charge in [-0.3, -0.25) is 19.0 Å². The summed E-state index contributed by atoms with van der Waals surface area (Å²) in [6.45, 7) is 7.09. The van der Waals surface area contributed by atoms with Gasteiger partial charge in [-0.1, -0.05) is 46.4 Å². The number of phenols is 1. The number of ether oxygens (including phenoxy) is 2. The molecular formula is C32H32Cl4F2N4O6. The molecule has 0 unspecified atom stereocenters. The zero-order chi connectivity index (χ0) is 35.1. The Hall–Kier alpha value is -3.45. The van der Waals surface area contributed by atoms with Gasteiger partial charge in [0.15, 0.2) is 6.61 Å². The summed E-state index contributed by atoms with van der Waals surface area (Å²) in [5.74, 6) is -2.19. The second kappa shape index (κ2) is 14.2. The molecule has 16 heteroatoms. The number of aromatic nitrogens is 4. The molecular weight excluding hydrogens is 716 g/mol. The quantitative estimate of drug-likeness (QED) is 0.212. The zero-order valence-electron chi connectivity index (χ0n) is 26.2. The van der Waals surface area contributed by atoms with Gasteiger partial charge in [-0.25, -0.2) is 22.9 Å². The molecule has 0 saturated heterocycles. The van der Waals surface area contributed by atoms with E-state index in [1.165, 1.54) is 15.4 Å². The number of carbonyl (C=O) groups is 1. The van der Waals surface area contributed by atoms with Crippen molar-refractivity contribution in [2.24, 2.45) is 0 Å². The average Bonchev–Trinajstić information content (AvgIpc) is 3.42. The van der Waals surface area contributed by atoms with E-state index in [9.17, 15) is 28.3 Å². The van der Waals surface area contributed by atoms with Gasteiger partial charge in [0.25, 0.3) is 11.1 Å². The number of aromatic hydroxyl groups is 1. The van der Waals surface area contributed by atoms with Crippen LogP contribution in [0.4, 0.5) is 8.78 Å². The monoisotopic (exact) mass is 746 g/mol. The number of esters is 1. The van der Waals surface area contributed by atoms with Crippen molar-refractivity contribution in [1.29, 1.82) is 0 Å². The molecule has 48 heavy (non-hydrogen) atoms. The topological polar surface area (TPSA) is 110 Å². The summed E-state index contributed by atoms with van der Waals surface area (Å²) in [6.07, 6.45) is 3.54. The molecule has 2 aromatic heterocycles. The highest BCUT2D eigenvalue weighted by Crippen LogP contribution is 2.37.